The van der Waals surface area contributed by atoms with Crippen molar-refractivity contribution in [2.24, 2.45) is 11.8 Å². The number of carbonyl (C=O) groups is 2. The van der Waals surface area contributed by atoms with Gasteiger partial charge in [0.05, 0.1) is 19.3 Å². The SMILES string of the molecule is CCOC(=O)c1c(NC(=O)C(Cl)Cl)sc2c1[C@]1(C)CC[C@@H]3c4ccc(OC)cc4CC[C@@H]3[C@H]1C2. The fourth-order valence-corrected chi connectivity index (χ4v) is 8.27. The highest BCUT2D eigenvalue weighted by Crippen LogP contribution is 2.63. The van der Waals surface area contributed by atoms with Crippen LogP contribution in [0.4, 0.5) is 5.00 Å². The largest absolute Gasteiger partial charge is 0.497 e. The number of amides is 1. The number of thiophene rings is 1. The number of alkyl halides is 2. The van der Waals surface area contributed by atoms with Crippen molar-refractivity contribution in [3.63, 3.8) is 0 Å². The zero-order valence-electron chi connectivity index (χ0n) is 19.6. The maximum absolute atomic E-state index is 13.1. The van der Waals surface area contributed by atoms with E-state index >= 15 is 0 Å². The molecule has 0 bridgehead atoms. The van der Waals surface area contributed by atoms with Gasteiger partial charge in [-0.05, 0) is 91.0 Å². The molecule has 182 valence electrons. The molecule has 8 heteroatoms. The Bertz CT molecular complexity index is 1150. The first-order chi connectivity index (χ1) is 16.3. The number of rotatable bonds is 5. The number of nitrogens with one attached hydrogen (secondary N) is 1. The summed E-state index contributed by atoms with van der Waals surface area (Å²) in [5.41, 5.74) is 4.29. The number of hydrogen-bond donors (Lipinski definition) is 1. The molecule has 1 aromatic heterocycles. The Morgan fingerprint density at radius 3 is 2.79 bits per heavy atom. The minimum Gasteiger partial charge on any atom is -0.497 e. The van der Waals surface area contributed by atoms with E-state index in [9.17, 15) is 9.59 Å². The van der Waals surface area contributed by atoms with Gasteiger partial charge in [-0.25, -0.2) is 4.79 Å². The van der Waals surface area contributed by atoms with Crippen molar-refractivity contribution in [2.45, 2.75) is 62.1 Å². The predicted molar refractivity (Wildman–Crippen MR) is 136 cm³/mol. The molecule has 34 heavy (non-hydrogen) atoms. The molecule has 4 atom stereocenters. The fourth-order valence-electron chi connectivity index (χ4n) is 6.77. The molecule has 3 aliphatic rings. The average molecular weight is 522 g/mol. The summed E-state index contributed by atoms with van der Waals surface area (Å²) in [6.45, 7) is 4.37. The molecule has 0 spiro atoms. The van der Waals surface area contributed by atoms with Crippen LogP contribution in [0, 0.1) is 11.8 Å². The van der Waals surface area contributed by atoms with E-state index in [0.717, 1.165) is 43.4 Å². The van der Waals surface area contributed by atoms with Gasteiger partial charge in [0.15, 0.2) is 4.84 Å². The molecule has 5 rings (SSSR count). The predicted octanol–water partition coefficient (Wildman–Crippen LogP) is 6.25. The molecule has 1 heterocycles. The van der Waals surface area contributed by atoms with E-state index in [1.165, 1.54) is 27.3 Å². The van der Waals surface area contributed by atoms with Gasteiger partial charge in [-0.1, -0.05) is 36.2 Å². The first-order valence-electron chi connectivity index (χ1n) is 11.9. The third-order valence-electron chi connectivity index (χ3n) is 8.20. The van der Waals surface area contributed by atoms with Gasteiger partial charge >= 0.3 is 5.97 Å². The van der Waals surface area contributed by atoms with Gasteiger partial charge in [-0.3, -0.25) is 4.79 Å². The Labute approximate surface area is 214 Å². The summed E-state index contributed by atoms with van der Waals surface area (Å²) in [6.07, 6.45) is 5.16. The average Bonchev–Trinajstić information content (AvgIpc) is 3.32. The van der Waals surface area contributed by atoms with E-state index in [0.29, 0.717) is 28.3 Å². The maximum Gasteiger partial charge on any atom is 0.341 e. The highest BCUT2D eigenvalue weighted by molar-refractivity contribution is 7.17. The van der Waals surface area contributed by atoms with Crippen LogP contribution in [0.3, 0.4) is 0 Å². The summed E-state index contributed by atoms with van der Waals surface area (Å²) in [4.78, 5) is 25.3. The minimum absolute atomic E-state index is 0.136. The number of anilines is 1. The summed E-state index contributed by atoms with van der Waals surface area (Å²) >= 11 is 13.0. The van der Waals surface area contributed by atoms with E-state index in [1.54, 1.807) is 14.0 Å². The van der Waals surface area contributed by atoms with Crippen molar-refractivity contribution >= 4 is 51.4 Å². The van der Waals surface area contributed by atoms with Gasteiger partial charge in [-0.2, -0.15) is 0 Å². The fraction of sp³-hybridized carbons (Fsp3) is 0.538. The van der Waals surface area contributed by atoms with Crippen LogP contribution in [-0.4, -0.2) is 30.4 Å². The Balaban J connectivity index is 1.52. The van der Waals surface area contributed by atoms with Crippen LogP contribution >= 0.6 is 34.5 Å². The normalized spacial score (nSPS) is 26.8. The summed E-state index contributed by atoms with van der Waals surface area (Å²) in [7, 11) is 1.72. The molecule has 1 fully saturated rings. The van der Waals surface area contributed by atoms with E-state index in [4.69, 9.17) is 32.7 Å². The van der Waals surface area contributed by atoms with Crippen LogP contribution in [0.25, 0.3) is 0 Å². The van der Waals surface area contributed by atoms with Crippen molar-refractivity contribution < 1.29 is 19.1 Å². The van der Waals surface area contributed by atoms with E-state index in [2.05, 4.69) is 30.4 Å². The minimum atomic E-state index is -1.20. The number of benzene rings is 1. The Kier molecular flexibility index (Phi) is 6.36. The monoisotopic (exact) mass is 521 g/mol. The number of methoxy groups -OCH3 is 1. The number of esters is 1. The van der Waals surface area contributed by atoms with Crippen LogP contribution in [-0.2, 0) is 27.8 Å². The number of aryl methyl sites for hydroxylation is 1. The quantitative estimate of drug-likeness (QED) is 0.373. The second-order valence-electron chi connectivity index (χ2n) is 9.76. The van der Waals surface area contributed by atoms with Crippen molar-refractivity contribution in [2.75, 3.05) is 19.0 Å². The molecule has 0 radical (unpaired) electrons. The van der Waals surface area contributed by atoms with Crippen molar-refractivity contribution in [1.29, 1.82) is 0 Å². The van der Waals surface area contributed by atoms with Gasteiger partial charge in [0.1, 0.15) is 10.8 Å². The second kappa shape index (κ2) is 9.03. The van der Waals surface area contributed by atoms with Crippen LogP contribution < -0.4 is 10.1 Å². The number of hydrogen-bond acceptors (Lipinski definition) is 5. The summed E-state index contributed by atoms with van der Waals surface area (Å²) in [5, 5.41) is 3.28. The lowest BCUT2D eigenvalue weighted by Crippen LogP contribution is -2.43. The third kappa shape index (κ3) is 3.73. The van der Waals surface area contributed by atoms with Crippen LogP contribution in [0.1, 0.15) is 71.0 Å². The first kappa shape index (κ1) is 24.0. The lowest BCUT2D eigenvalue weighted by Gasteiger charge is -2.49. The number of ether oxygens (including phenoxy) is 2. The smallest absolute Gasteiger partial charge is 0.341 e. The van der Waals surface area contributed by atoms with Gasteiger partial charge < -0.3 is 14.8 Å². The first-order valence-corrected chi connectivity index (χ1v) is 13.6. The Morgan fingerprint density at radius 2 is 2.09 bits per heavy atom. The standard InChI is InChI=1S/C26H29Cl2NO4S/c1-4-33-25(31)20-21-19(34-24(20)29-23(30)22(27)28)12-18-17-7-5-13-11-14(32-3)6-8-15(13)16(17)9-10-26(18,21)2/h6,8,11,16-18,22H,4-5,7,9-10,12H2,1-3H3,(H,29,30)/t16-,17+,18-,26-/m1/s1. The van der Waals surface area contributed by atoms with E-state index < -0.39 is 10.7 Å². The summed E-state index contributed by atoms with van der Waals surface area (Å²) in [5.74, 6) is 1.54. The summed E-state index contributed by atoms with van der Waals surface area (Å²) < 4.78 is 10.9. The lowest BCUT2D eigenvalue weighted by atomic mass is 9.54. The summed E-state index contributed by atoms with van der Waals surface area (Å²) in [6, 6.07) is 6.53. The van der Waals surface area contributed by atoms with Crippen molar-refractivity contribution in [3.8, 4) is 5.75 Å². The van der Waals surface area contributed by atoms with Gasteiger partial charge in [-0.15, -0.1) is 11.3 Å². The number of carbonyl (C=O) groups excluding carboxylic acids is 2. The molecule has 1 saturated carbocycles. The van der Waals surface area contributed by atoms with Gasteiger partial charge in [0.2, 0.25) is 0 Å². The maximum atomic E-state index is 13.1. The second-order valence-corrected chi connectivity index (χ2v) is 12.0. The molecule has 5 nitrogen and oxygen atoms in total. The molecule has 0 unspecified atom stereocenters. The number of halogens is 2. The molecule has 0 saturated heterocycles. The highest BCUT2D eigenvalue weighted by Gasteiger charge is 2.55. The zero-order chi connectivity index (χ0) is 24.2. The molecule has 1 aromatic carbocycles. The molecular weight excluding hydrogens is 493 g/mol. The molecule has 0 aliphatic heterocycles. The Morgan fingerprint density at radius 1 is 1.29 bits per heavy atom. The van der Waals surface area contributed by atoms with E-state index in [1.807, 2.05) is 0 Å². The third-order valence-corrected chi connectivity index (χ3v) is 9.72. The molecular formula is C26H29Cl2NO4S. The highest BCUT2D eigenvalue weighted by atomic mass is 35.5. The molecule has 1 N–H and O–H groups in total. The Hall–Kier alpha value is -1.76. The lowest BCUT2D eigenvalue weighted by molar-refractivity contribution is -0.114. The van der Waals surface area contributed by atoms with Crippen molar-refractivity contribution in [3.05, 3.63) is 45.3 Å². The topological polar surface area (TPSA) is 64.6 Å². The van der Waals surface area contributed by atoms with Crippen LogP contribution in [0.2, 0.25) is 0 Å². The van der Waals surface area contributed by atoms with Gasteiger partial charge in [0.25, 0.3) is 5.91 Å². The van der Waals surface area contributed by atoms with Crippen molar-refractivity contribution in [1.82, 2.24) is 0 Å². The number of fused-ring (bicyclic) bond motifs is 7. The van der Waals surface area contributed by atoms with Crippen LogP contribution in [0.5, 0.6) is 5.75 Å². The van der Waals surface area contributed by atoms with E-state index in [-0.39, 0.29) is 18.0 Å². The van der Waals surface area contributed by atoms with Gasteiger partial charge in [0, 0.05) is 4.88 Å². The van der Waals surface area contributed by atoms with Crippen LogP contribution in [0.15, 0.2) is 18.2 Å². The molecule has 2 aromatic rings. The molecule has 1 amide bonds. The zero-order valence-corrected chi connectivity index (χ0v) is 21.9. The molecule has 3 aliphatic carbocycles.